The van der Waals surface area contributed by atoms with Gasteiger partial charge in [0.25, 0.3) is 5.69 Å². The highest BCUT2D eigenvalue weighted by atomic mass is 16.7. The summed E-state index contributed by atoms with van der Waals surface area (Å²) < 4.78 is 0. The highest BCUT2D eigenvalue weighted by Crippen LogP contribution is 2.13. The van der Waals surface area contributed by atoms with Crippen LogP contribution in [0.4, 0.5) is 5.69 Å². The number of hydrogen-bond donors (Lipinski definition) is 0. The van der Waals surface area contributed by atoms with Crippen molar-refractivity contribution in [1.29, 1.82) is 0 Å². The average Bonchev–Trinajstić information content (AvgIpc) is 2.33. The fourth-order valence-corrected chi connectivity index (χ4v) is 1.50. The minimum atomic E-state index is -0.440. The zero-order valence-electron chi connectivity index (χ0n) is 11.3. The van der Waals surface area contributed by atoms with Gasteiger partial charge in [-0.3, -0.25) is 19.7 Å². The first kappa shape index (κ1) is 15.1. The van der Waals surface area contributed by atoms with E-state index in [0.29, 0.717) is 19.4 Å². The van der Waals surface area contributed by atoms with Crippen LogP contribution in [0.1, 0.15) is 26.3 Å². The van der Waals surface area contributed by atoms with Gasteiger partial charge in [-0.05, 0) is 32.8 Å². The number of nitrogens with zero attached hydrogens (tertiary/aromatic N) is 2. The summed E-state index contributed by atoms with van der Waals surface area (Å²) in [7, 11) is 0. The van der Waals surface area contributed by atoms with Crippen LogP contribution in [0, 0.1) is 10.1 Å². The van der Waals surface area contributed by atoms with E-state index in [9.17, 15) is 14.9 Å². The standard InChI is InChI=1S/C13H18N2O4/c1-13(2,3)19-14(10-16)9-8-11-4-6-12(7-5-11)15(17)18/h4-7,10H,8-9H2,1-3H3. The molecule has 6 nitrogen and oxygen atoms in total. The van der Waals surface area contributed by atoms with Gasteiger partial charge in [0.1, 0.15) is 0 Å². The second-order valence-electron chi connectivity index (χ2n) is 5.12. The lowest BCUT2D eigenvalue weighted by molar-refractivity contribution is -0.384. The molecule has 0 N–H and O–H groups in total. The third kappa shape index (κ3) is 5.48. The van der Waals surface area contributed by atoms with Crippen LogP contribution < -0.4 is 0 Å². The van der Waals surface area contributed by atoms with Gasteiger partial charge in [0, 0.05) is 12.1 Å². The summed E-state index contributed by atoms with van der Waals surface area (Å²) in [6.45, 7) is 5.97. The van der Waals surface area contributed by atoms with Crippen LogP contribution in [0.15, 0.2) is 24.3 Å². The van der Waals surface area contributed by atoms with Crippen LogP contribution >= 0.6 is 0 Å². The summed E-state index contributed by atoms with van der Waals surface area (Å²) in [5.74, 6) is 0. The first-order valence-corrected chi connectivity index (χ1v) is 5.96. The maximum Gasteiger partial charge on any atom is 0.269 e. The summed E-state index contributed by atoms with van der Waals surface area (Å²) in [5.41, 5.74) is 0.535. The Labute approximate surface area is 112 Å². The Hall–Kier alpha value is -1.95. The van der Waals surface area contributed by atoms with Crippen molar-refractivity contribution in [3.05, 3.63) is 39.9 Å². The van der Waals surface area contributed by atoms with E-state index in [2.05, 4.69) is 0 Å². The van der Waals surface area contributed by atoms with Crippen molar-refractivity contribution in [3.8, 4) is 0 Å². The molecular weight excluding hydrogens is 248 g/mol. The monoisotopic (exact) mass is 266 g/mol. The Morgan fingerprint density at radius 3 is 2.32 bits per heavy atom. The van der Waals surface area contributed by atoms with Crippen molar-refractivity contribution in [2.75, 3.05) is 6.54 Å². The largest absolute Gasteiger partial charge is 0.276 e. The number of non-ortho nitro benzene ring substituents is 1. The molecule has 6 heteroatoms. The van der Waals surface area contributed by atoms with Crippen LogP contribution in [0.25, 0.3) is 0 Å². The molecule has 104 valence electrons. The number of carbonyl (C=O) groups is 1. The van der Waals surface area contributed by atoms with Crippen molar-refractivity contribution in [3.63, 3.8) is 0 Å². The molecule has 0 fully saturated rings. The highest BCUT2D eigenvalue weighted by Gasteiger charge is 2.15. The van der Waals surface area contributed by atoms with E-state index >= 15 is 0 Å². The predicted molar refractivity (Wildman–Crippen MR) is 70.4 cm³/mol. The molecule has 0 aromatic heterocycles. The van der Waals surface area contributed by atoms with E-state index in [0.717, 1.165) is 5.56 Å². The van der Waals surface area contributed by atoms with E-state index in [1.807, 2.05) is 20.8 Å². The van der Waals surface area contributed by atoms with Crippen LogP contribution in [-0.4, -0.2) is 28.5 Å². The van der Waals surface area contributed by atoms with Crippen LogP contribution in [0.2, 0.25) is 0 Å². The second-order valence-corrected chi connectivity index (χ2v) is 5.12. The number of rotatable bonds is 6. The summed E-state index contributed by atoms with van der Waals surface area (Å²) in [5, 5.41) is 11.7. The predicted octanol–water partition coefficient (Wildman–Crippen LogP) is 2.33. The van der Waals surface area contributed by atoms with Crippen molar-refractivity contribution < 1.29 is 14.6 Å². The molecule has 0 saturated carbocycles. The summed E-state index contributed by atoms with van der Waals surface area (Å²) in [6.07, 6.45) is 1.21. The molecule has 0 aliphatic heterocycles. The molecule has 0 heterocycles. The first-order chi connectivity index (χ1) is 8.81. The van der Waals surface area contributed by atoms with Crippen LogP contribution in [0.3, 0.4) is 0 Å². The Morgan fingerprint density at radius 1 is 1.32 bits per heavy atom. The van der Waals surface area contributed by atoms with Crippen LogP contribution in [-0.2, 0) is 16.1 Å². The third-order valence-corrected chi connectivity index (χ3v) is 2.28. The summed E-state index contributed by atoms with van der Waals surface area (Å²) in [6, 6.07) is 6.26. The van der Waals surface area contributed by atoms with Crippen molar-refractivity contribution >= 4 is 12.1 Å². The number of amides is 1. The number of hydroxylamine groups is 2. The maximum atomic E-state index is 10.9. The number of nitro groups is 1. The van der Waals surface area contributed by atoms with E-state index in [1.54, 1.807) is 12.1 Å². The van der Waals surface area contributed by atoms with E-state index in [-0.39, 0.29) is 5.69 Å². The molecule has 0 aliphatic carbocycles. The smallest absolute Gasteiger partial charge is 0.269 e. The van der Waals surface area contributed by atoms with Crippen molar-refractivity contribution in [2.45, 2.75) is 32.8 Å². The molecule has 1 rings (SSSR count). The lowest BCUT2D eigenvalue weighted by atomic mass is 10.1. The fourth-order valence-electron chi connectivity index (χ4n) is 1.50. The number of hydrogen-bond acceptors (Lipinski definition) is 4. The third-order valence-electron chi connectivity index (χ3n) is 2.28. The molecule has 19 heavy (non-hydrogen) atoms. The summed E-state index contributed by atoms with van der Waals surface area (Å²) >= 11 is 0. The highest BCUT2D eigenvalue weighted by molar-refractivity contribution is 5.45. The lowest BCUT2D eigenvalue weighted by Gasteiger charge is -2.26. The molecule has 0 radical (unpaired) electrons. The van der Waals surface area contributed by atoms with E-state index in [1.165, 1.54) is 17.2 Å². The van der Waals surface area contributed by atoms with Gasteiger partial charge < -0.3 is 0 Å². The topological polar surface area (TPSA) is 72.7 Å². The SMILES string of the molecule is CC(C)(C)ON(C=O)CCc1ccc([N+](=O)[O-])cc1. The van der Waals surface area contributed by atoms with Gasteiger partial charge in [-0.25, -0.2) is 5.06 Å². The molecule has 0 bridgehead atoms. The first-order valence-electron chi connectivity index (χ1n) is 5.96. The Bertz CT molecular complexity index is 437. The molecule has 0 aliphatic rings. The molecule has 1 aromatic rings. The normalized spacial score (nSPS) is 11.1. The second kappa shape index (κ2) is 6.29. The van der Waals surface area contributed by atoms with E-state index in [4.69, 9.17) is 4.84 Å². The van der Waals surface area contributed by atoms with Gasteiger partial charge in [0.2, 0.25) is 6.41 Å². The number of carbonyl (C=O) groups excluding carboxylic acids is 1. The Morgan fingerprint density at radius 2 is 1.89 bits per heavy atom. The summed E-state index contributed by atoms with van der Waals surface area (Å²) in [4.78, 5) is 26.4. The van der Waals surface area contributed by atoms with Gasteiger partial charge in [-0.15, -0.1) is 0 Å². The molecule has 0 unspecified atom stereocenters. The Kier molecular flexibility index (Phi) is 5.00. The van der Waals surface area contributed by atoms with Gasteiger partial charge >= 0.3 is 0 Å². The minimum absolute atomic E-state index is 0.0573. The quantitative estimate of drug-likeness (QED) is 0.450. The molecular formula is C13H18N2O4. The van der Waals surface area contributed by atoms with Crippen molar-refractivity contribution in [1.82, 2.24) is 5.06 Å². The Balaban J connectivity index is 2.55. The molecule has 0 atom stereocenters. The van der Waals surface area contributed by atoms with E-state index < -0.39 is 10.5 Å². The fraction of sp³-hybridized carbons (Fsp3) is 0.462. The lowest BCUT2D eigenvalue weighted by Crippen LogP contribution is -2.34. The molecule has 0 spiro atoms. The van der Waals surface area contributed by atoms with Crippen molar-refractivity contribution in [2.24, 2.45) is 0 Å². The molecule has 0 saturated heterocycles. The van der Waals surface area contributed by atoms with Crippen LogP contribution in [0.5, 0.6) is 0 Å². The van der Waals surface area contributed by atoms with Gasteiger partial charge in [-0.2, -0.15) is 0 Å². The average molecular weight is 266 g/mol. The minimum Gasteiger partial charge on any atom is -0.276 e. The van der Waals surface area contributed by atoms with Gasteiger partial charge in [0.15, 0.2) is 0 Å². The molecule has 1 aromatic carbocycles. The zero-order valence-corrected chi connectivity index (χ0v) is 11.3. The zero-order chi connectivity index (χ0) is 14.5. The number of benzene rings is 1. The molecule has 1 amide bonds. The van der Waals surface area contributed by atoms with Gasteiger partial charge in [-0.1, -0.05) is 12.1 Å². The number of nitro benzene ring substituents is 1. The maximum absolute atomic E-state index is 10.9. The van der Waals surface area contributed by atoms with Gasteiger partial charge in [0.05, 0.1) is 17.1 Å².